The van der Waals surface area contributed by atoms with Gasteiger partial charge in [0.2, 0.25) is 5.96 Å². The van der Waals surface area contributed by atoms with E-state index in [-0.39, 0.29) is 6.04 Å². The third-order valence-corrected chi connectivity index (χ3v) is 12.3. The molecule has 2 heterocycles. The van der Waals surface area contributed by atoms with Crippen LogP contribution in [0.4, 0.5) is 5.69 Å². The van der Waals surface area contributed by atoms with Gasteiger partial charge in [-0.1, -0.05) is 182 Å². The summed E-state index contributed by atoms with van der Waals surface area (Å²) in [7, 11) is 0. The molecular weight excluding hydrogens is 679 g/mol. The van der Waals surface area contributed by atoms with Crippen molar-refractivity contribution >= 4 is 55.0 Å². The molecule has 1 aromatic heterocycles. The molecule has 0 saturated carbocycles. The van der Waals surface area contributed by atoms with Gasteiger partial charge in [0.1, 0.15) is 6.04 Å². The molecule has 1 aliphatic carbocycles. The molecule has 0 radical (unpaired) electrons. The quantitative estimate of drug-likeness (QED) is 0.194. The first-order chi connectivity index (χ1) is 27.8. The van der Waals surface area contributed by atoms with Crippen molar-refractivity contribution in [1.29, 1.82) is 0 Å². The zero-order valence-corrected chi connectivity index (χ0v) is 30.5. The second-order valence-electron chi connectivity index (χ2n) is 15.1. The predicted molar refractivity (Wildman–Crippen MR) is 233 cm³/mol. The molecule has 3 nitrogen and oxygen atoms in total. The smallest absolute Gasteiger partial charge is 0.208 e. The monoisotopic (exact) mass is 713 g/mol. The predicted octanol–water partition coefficient (Wildman–Crippen LogP) is 12.9. The number of nitrogens with zero attached hydrogens (tertiary/aromatic N) is 2. The van der Waals surface area contributed by atoms with Gasteiger partial charge in [0.25, 0.3) is 0 Å². The van der Waals surface area contributed by atoms with Gasteiger partial charge >= 0.3 is 0 Å². The Kier molecular flexibility index (Phi) is 6.61. The highest BCUT2D eigenvalue weighted by Gasteiger charge is 2.45. The van der Waals surface area contributed by atoms with E-state index in [0.717, 1.165) is 33.8 Å². The standard InChI is InChI=1S/C53H35N3/c1-2-16-37(17-3-1)53(44-23-11-8-20-41(44)42-21-9-12-24-45(42)53)38-30-26-36(27-31-38)51-43-22-10-13-25-46(43)54-52(55-51)56-47-32-28-34-14-4-6-18-39(34)49(47)50-40-19-7-5-15-35(40)29-33-48(50)56/h1-33,51H,(H,54,55). The van der Waals surface area contributed by atoms with Crippen LogP contribution in [-0.2, 0) is 5.41 Å². The van der Waals surface area contributed by atoms with Crippen LogP contribution in [0, 0.1) is 0 Å². The van der Waals surface area contributed by atoms with Crippen molar-refractivity contribution in [3.8, 4) is 11.1 Å². The van der Waals surface area contributed by atoms with Crippen molar-refractivity contribution in [3.05, 3.63) is 234 Å². The fourth-order valence-electron chi connectivity index (χ4n) is 9.97. The first-order valence-electron chi connectivity index (χ1n) is 19.4. The number of aliphatic imine (C=N–C) groups is 1. The maximum absolute atomic E-state index is 5.64. The topological polar surface area (TPSA) is 29.3 Å². The maximum atomic E-state index is 5.64. The number of nitrogens with one attached hydrogen (secondary N) is 1. The molecule has 1 aliphatic heterocycles. The molecule has 9 aromatic carbocycles. The average molecular weight is 714 g/mol. The molecule has 0 fully saturated rings. The van der Waals surface area contributed by atoms with Gasteiger partial charge in [0.05, 0.1) is 16.4 Å². The normalized spacial score (nSPS) is 15.4. The molecule has 1 N–H and O–H groups in total. The number of rotatable bonds is 3. The Morgan fingerprint density at radius 2 is 0.964 bits per heavy atom. The van der Waals surface area contributed by atoms with E-state index in [4.69, 9.17) is 4.99 Å². The van der Waals surface area contributed by atoms with Crippen LogP contribution in [0.1, 0.15) is 39.4 Å². The minimum absolute atomic E-state index is 0.208. The Hall–Kier alpha value is -7.23. The summed E-state index contributed by atoms with van der Waals surface area (Å²) >= 11 is 0. The molecule has 1 atom stereocenters. The highest BCUT2D eigenvalue weighted by molar-refractivity contribution is 6.30. The van der Waals surface area contributed by atoms with E-state index in [2.05, 4.69) is 210 Å². The number of aromatic nitrogens is 1. The van der Waals surface area contributed by atoms with E-state index in [1.807, 2.05) is 0 Å². The summed E-state index contributed by atoms with van der Waals surface area (Å²) in [6.45, 7) is 0. The average Bonchev–Trinajstić information content (AvgIpc) is 3.78. The van der Waals surface area contributed by atoms with Gasteiger partial charge in [-0.2, -0.15) is 0 Å². The van der Waals surface area contributed by atoms with Gasteiger partial charge in [0.15, 0.2) is 0 Å². The zero-order chi connectivity index (χ0) is 36.8. The molecule has 10 aromatic rings. The second-order valence-corrected chi connectivity index (χ2v) is 15.1. The summed E-state index contributed by atoms with van der Waals surface area (Å²) < 4.78 is 2.34. The third-order valence-electron chi connectivity index (χ3n) is 12.3. The van der Waals surface area contributed by atoms with E-state index in [9.17, 15) is 0 Å². The molecule has 0 saturated heterocycles. The van der Waals surface area contributed by atoms with Crippen LogP contribution in [0.15, 0.2) is 205 Å². The van der Waals surface area contributed by atoms with Crippen molar-refractivity contribution in [2.75, 3.05) is 5.32 Å². The van der Waals surface area contributed by atoms with Crippen LogP contribution < -0.4 is 5.32 Å². The molecule has 3 heteroatoms. The van der Waals surface area contributed by atoms with Gasteiger partial charge in [-0.25, -0.2) is 4.99 Å². The first-order valence-corrected chi connectivity index (χ1v) is 19.4. The summed E-state index contributed by atoms with van der Waals surface area (Å²) in [6.07, 6.45) is 0. The van der Waals surface area contributed by atoms with Crippen molar-refractivity contribution in [3.63, 3.8) is 0 Å². The lowest BCUT2D eigenvalue weighted by molar-refractivity contribution is 0.765. The summed E-state index contributed by atoms with van der Waals surface area (Å²) in [5.41, 5.74) is 13.0. The van der Waals surface area contributed by atoms with Gasteiger partial charge in [0, 0.05) is 22.0 Å². The van der Waals surface area contributed by atoms with E-state index in [1.165, 1.54) is 65.7 Å². The van der Waals surface area contributed by atoms with Crippen LogP contribution in [0.2, 0.25) is 0 Å². The first kappa shape index (κ1) is 31.2. The molecule has 56 heavy (non-hydrogen) atoms. The van der Waals surface area contributed by atoms with E-state index in [1.54, 1.807) is 0 Å². The molecule has 262 valence electrons. The summed E-state index contributed by atoms with van der Waals surface area (Å²) in [4.78, 5) is 5.64. The summed E-state index contributed by atoms with van der Waals surface area (Å²) in [6, 6.07) is 73.1. The Morgan fingerprint density at radius 3 is 1.61 bits per heavy atom. The Labute approximate surface area is 324 Å². The fourth-order valence-corrected chi connectivity index (χ4v) is 9.97. The number of anilines is 1. The van der Waals surface area contributed by atoms with Gasteiger partial charge in [-0.3, -0.25) is 4.57 Å². The number of para-hydroxylation sites is 1. The molecular formula is C53H35N3. The van der Waals surface area contributed by atoms with Crippen LogP contribution in [-0.4, -0.2) is 10.5 Å². The second kappa shape index (κ2) is 11.9. The number of hydrogen-bond donors (Lipinski definition) is 1. The highest BCUT2D eigenvalue weighted by atomic mass is 15.2. The SMILES string of the molecule is c1ccc(C2(c3ccc(C4N=C(n5c6ccc7ccccc7c6c6c7ccccc7ccc65)Nc5ccccc54)cc3)c3ccccc3-c3ccccc32)cc1. The van der Waals surface area contributed by atoms with E-state index < -0.39 is 5.41 Å². The highest BCUT2D eigenvalue weighted by Crippen LogP contribution is 2.56. The van der Waals surface area contributed by atoms with Crippen molar-refractivity contribution in [2.45, 2.75) is 11.5 Å². The van der Waals surface area contributed by atoms with Crippen LogP contribution in [0.5, 0.6) is 0 Å². The molecule has 0 bridgehead atoms. The largest absolute Gasteiger partial charge is 0.325 e. The lowest BCUT2D eigenvalue weighted by Gasteiger charge is -2.34. The third kappa shape index (κ3) is 4.25. The van der Waals surface area contributed by atoms with Gasteiger partial charge in [-0.15, -0.1) is 0 Å². The number of hydrogen-bond acceptors (Lipinski definition) is 2. The minimum Gasteiger partial charge on any atom is -0.325 e. The van der Waals surface area contributed by atoms with Crippen LogP contribution in [0.3, 0.4) is 0 Å². The molecule has 12 rings (SSSR count). The van der Waals surface area contributed by atoms with E-state index in [0.29, 0.717) is 0 Å². The fraction of sp³-hybridized carbons (Fsp3) is 0.0377. The van der Waals surface area contributed by atoms with Gasteiger partial charge < -0.3 is 5.32 Å². The Balaban J connectivity index is 1.07. The lowest BCUT2D eigenvalue weighted by Crippen LogP contribution is -2.29. The number of fused-ring (bicyclic) bond motifs is 11. The summed E-state index contributed by atoms with van der Waals surface area (Å²) in [5, 5.41) is 11.3. The van der Waals surface area contributed by atoms with Crippen molar-refractivity contribution in [1.82, 2.24) is 4.57 Å². The van der Waals surface area contributed by atoms with Gasteiger partial charge in [-0.05, 0) is 78.7 Å². The maximum Gasteiger partial charge on any atom is 0.208 e. The minimum atomic E-state index is -0.443. The van der Waals surface area contributed by atoms with Crippen LogP contribution in [0.25, 0.3) is 54.5 Å². The Morgan fingerprint density at radius 1 is 0.446 bits per heavy atom. The van der Waals surface area contributed by atoms with Crippen molar-refractivity contribution < 1.29 is 0 Å². The molecule has 1 unspecified atom stereocenters. The molecule has 2 aliphatic rings. The van der Waals surface area contributed by atoms with Crippen LogP contribution >= 0.6 is 0 Å². The lowest BCUT2D eigenvalue weighted by atomic mass is 9.67. The van der Waals surface area contributed by atoms with E-state index >= 15 is 0 Å². The Bertz CT molecular complexity index is 3090. The summed E-state index contributed by atoms with van der Waals surface area (Å²) in [5.74, 6) is 0.822. The molecule has 0 amide bonds. The zero-order valence-electron chi connectivity index (χ0n) is 30.5. The number of benzene rings is 9. The van der Waals surface area contributed by atoms with Crippen molar-refractivity contribution in [2.24, 2.45) is 4.99 Å². The molecule has 0 spiro atoms.